The molecular weight excluding hydrogens is 343 g/mol. The molecule has 0 unspecified atom stereocenters. The van der Waals surface area contributed by atoms with Gasteiger partial charge in [0, 0.05) is 25.0 Å². The minimum absolute atomic E-state index is 0.00730. The Kier molecular flexibility index (Phi) is 5.56. The van der Waals surface area contributed by atoms with E-state index in [1.54, 1.807) is 4.90 Å². The minimum Gasteiger partial charge on any atom is -0.491 e. The Bertz CT molecular complexity index is 741. The first kappa shape index (κ1) is 17.7. The van der Waals surface area contributed by atoms with Gasteiger partial charge in [0.1, 0.15) is 11.6 Å². The van der Waals surface area contributed by atoms with Crippen molar-refractivity contribution in [3.8, 4) is 5.75 Å². The Hall–Kier alpha value is -2.11. The lowest BCUT2D eigenvalue weighted by Gasteiger charge is -2.17. The Morgan fingerprint density at radius 2 is 2.00 bits per heavy atom. The third-order valence-electron chi connectivity index (χ3n) is 4.41. The maximum atomic E-state index is 13.0. The van der Waals surface area contributed by atoms with E-state index >= 15 is 0 Å². The van der Waals surface area contributed by atoms with Crippen LogP contribution in [-0.2, 0) is 4.79 Å². The minimum atomic E-state index is -0.425. The Morgan fingerprint density at radius 1 is 1.24 bits per heavy atom. The van der Waals surface area contributed by atoms with Gasteiger partial charge in [0.05, 0.1) is 18.1 Å². The van der Waals surface area contributed by atoms with Crippen LogP contribution in [0.5, 0.6) is 5.75 Å². The van der Waals surface area contributed by atoms with Crippen molar-refractivity contribution in [2.45, 2.75) is 18.4 Å². The molecule has 0 bridgehead atoms. The lowest BCUT2D eigenvalue weighted by Crippen LogP contribution is -2.32. The van der Waals surface area contributed by atoms with Gasteiger partial charge in [0.15, 0.2) is 0 Å². The zero-order valence-corrected chi connectivity index (χ0v) is 14.5. The first-order valence-electron chi connectivity index (χ1n) is 8.21. The van der Waals surface area contributed by atoms with Gasteiger partial charge in [-0.25, -0.2) is 4.39 Å². The summed E-state index contributed by atoms with van der Waals surface area (Å²) in [5.41, 5.74) is 7.37. The molecule has 1 aliphatic heterocycles. The van der Waals surface area contributed by atoms with Crippen molar-refractivity contribution in [1.29, 1.82) is 0 Å². The van der Waals surface area contributed by atoms with Gasteiger partial charge in [-0.3, -0.25) is 4.79 Å². The predicted octanol–water partition coefficient (Wildman–Crippen LogP) is 3.20. The molecule has 1 fully saturated rings. The van der Waals surface area contributed by atoms with Crippen LogP contribution in [0.15, 0.2) is 48.5 Å². The second-order valence-corrected chi connectivity index (χ2v) is 6.56. The summed E-state index contributed by atoms with van der Waals surface area (Å²) in [6, 6.07) is 13.8. The molecule has 2 atom stereocenters. The van der Waals surface area contributed by atoms with Crippen molar-refractivity contribution in [3.05, 3.63) is 64.9 Å². The van der Waals surface area contributed by atoms with Crippen LogP contribution in [0.25, 0.3) is 0 Å². The summed E-state index contributed by atoms with van der Waals surface area (Å²) in [6.07, 6.45) is 0.224. The number of nitrogens with zero attached hydrogens (tertiary/aromatic N) is 1. The highest BCUT2D eigenvalue weighted by Gasteiger charge is 2.33. The van der Waals surface area contributed by atoms with E-state index in [0.717, 1.165) is 5.56 Å². The van der Waals surface area contributed by atoms with E-state index in [1.165, 1.54) is 18.2 Å². The lowest BCUT2D eigenvalue weighted by atomic mass is 9.95. The second-order valence-electron chi connectivity index (χ2n) is 6.15. The standard InChI is InChI=1S/C19H20ClFN2O2/c20-16-10-14(21)6-7-18(16)25-9-8-19(24)23-11-15(17(22)12-23)13-4-2-1-3-5-13/h1-7,10,15,17H,8-9,11-12,22H2/t15-,17+/m0/s1. The maximum Gasteiger partial charge on any atom is 0.226 e. The highest BCUT2D eigenvalue weighted by atomic mass is 35.5. The van der Waals surface area contributed by atoms with Crippen LogP contribution in [0.2, 0.25) is 5.02 Å². The zero-order valence-electron chi connectivity index (χ0n) is 13.7. The van der Waals surface area contributed by atoms with E-state index < -0.39 is 5.82 Å². The van der Waals surface area contributed by atoms with Gasteiger partial charge in [0.2, 0.25) is 5.91 Å². The van der Waals surface area contributed by atoms with Gasteiger partial charge >= 0.3 is 0 Å². The van der Waals surface area contributed by atoms with Crippen LogP contribution in [0.4, 0.5) is 4.39 Å². The summed E-state index contributed by atoms with van der Waals surface area (Å²) in [6.45, 7) is 1.34. The molecule has 1 heterocycles. The van der Waals surface area contributed by atoms with Gasteiger partial charge in [-0.2, -0.15) is 0 Å². The third kappa shape index (κ3) is 4.30. The van der Waals surface area contributed by atoms with Gasteiger partial charge in [-0.05, 0) is 23.8 Å². The molecule has 132 valence electrons. The van der Waals surface area contributed by atoms with Crippen molar-refractivity contribution < 1.29 is 13.9 Å². The highest BCUT2D eigenvalue weighted by Crippen LogP contribution is 2.27. The van der Waals surface area contributed by atoms with Gasteiger partial charge in [-0.15, -0.1) is 0 Å². The summed E-state index contributed by atoms with van der Waals surface area (Å²) in [5.74, 6) is 0.0901. The summed E-state index contributed by atoms with van der Waals surface area (Å²) in [4.78, 5) is 14.2. The summed E-state index contributed by atoms with van der Waals surface area (Å²) in [7, 11) is 0. The van der Waals surface area contributed by atoms with Crippen LogP contribution in [-0.4, -0.2) is 36.5 Å². The molecular formula is C19H20ClFN2O2. The molecule has 6 heteroatoms. The average Bonchev–Trinajstić information content (AvgIpc) is 2.99. The number of rotatable bonds is 5. The average molecular weight is 363 g/mol. The molecule has 2 aromatic carbocycles. The van der Waals surface area contributed by atoms with Gasteiger partial charge < -0.3 is 15.4 Å². The number of nitrogens with two attached hydrogens (primary N) is 1. The molecule has 25 heavy (non-hydrogen) atoms. The number of carbonyl (C=O) groups is 1. The molecule has 4 nitrogen and oxygen atoms in total. The zero-order chi connectivity index (χ0) is 17.8. The lowest BCUT2D eigenvalue weighted by molar-refractivity contribution is -0.130. The fraction of sp³-hybridized carbons (Fsp3) is 0.316. The number of hydrogen-bond acceptors (Lipinski definition) is 3. The Balaban J connectivity index is 1.52. The van der Waals surface area contributed by atoms with Crippen LogP contribution >= 0.6 is 11.6 Å². The molecule has 1 aliphatic rings. The van der Waals surface area contributed by atoms with Crippen LogP contribution in [0.3, 0.4) is 0 Å². The molecule has 3 rings (SSSR count). The molecule has 0 spiro atoms. The monoisotopic (exact) mass is 362 g/mol. The number of halogens is 2. The molecule has 2 aromatic rings. The topological polar surface area (TPSA) is 55.6 Å². The first-order chi connectivity index (χ1) is 12.0. The van der Waals surface area contributed by atoms with E-state index in [0.29, 0.717) is 18.8 Å². The largest absolute Gasteiger partial charge is 0.491 e. The van der Waals surface area contributed by atoms with E-state index in [4.69, 9.17) is 22.1 Å². The van der Waals surface area contributed by atoms with Crippen molar-refractivity contribution in [1.82, 2.24) is 4.90 Å². The third-order valence-corrected chi connectivity index (χ3v) is 4.71. The summed E-state index contributed by atoms with van der Waals surface area (Å²) < 4.78 is 18.5. The number of amides is 1. The number of benzene rings is 2. The van der Waals surface area contributed by atoms with E-state index in [2.05, 4.69) is 0 Å². The molecule has 0 aliphatic carbocycles. The quantitative estimate of drug-likeness (QED) is 0.888. The number of likely N-dealkylation sites (tertiary alicyclic amines) is 1. The summed E-state index contributed by atoms with van der Waals surface area (Å²) >= 11 is 5.90. The second kappa shape index (κ2) is 7.85. The summed E-state index contributed by atoms with van der Waals surface area (Å²) in [5, 5.41) is 0.194. The predicted molar refractivity (Wildman–Crippen MR) is 95.3 cm³/mol. The maximum absolute atomic E-state index is 13.0. The number of hydrogen-bond donors (Lipinski definition) is 1. The Morgan fingerprint density at radius 3 is 2.72 bits per heavy atom. The molecule has 1 amide bonds. The van der Waals surface area contributed by atoms with Gasteiger partial charge in [0.25, 0.3) is 0 Å². The van der Waals surface area contributed by atoms with Crippen LogP contribution in [0, 0.1) is 5.82 Å². The van der Waals surface area contributed by atoms with Crippen LogP contribution in [0.1, 0.15) is 17.9 Å². The number of ether oxygens (including phenoxy) is 1. The van der Waals surface area contributed by atoms with Gasteiger partial charge in [-0.1, -0.05) is 41.9 Å². The number of carbonyl (C=O) groups excluding carboxylic acids is 1. The van der Waals surface area contributed by atoms with Crippen molar-refractivity contribution in [3.63, 3.8) is 0 Å². The van der Waals surface area contributed by atoms with Crippen LogP contribution < -0.4 is 10.5 Å². The van der Waals surface area contributed by atoms with E-state index in [-0.39, 0.29) is 35.9 Å². The van der Waals surface area contributed by atoms with Crippen molar-refractivity contribution in [2.75, 3.05) is 19.7 Å². The fourth-order valence-corrected chi connectivity index (χ4v) is 3.31. The first-order valence-corrected chi connectivity index (χ1v) is 8.58. The van der Waals surface area contributed by atoms with Crippen molar-refractivity contribution >= 4 is 17.5 Å². The molecule has 1 saturated heterocycles. The molecule has 2 N–H and O–H groups in total. The fourth-order valence-electron chi connectivity index (χ4n) is 3.08. The molecule has 0 radical (unpaired) electrons. The Labute approximate surface area is 151 Å². The van der Waals surface area contributed by atoms with Crippen molar-refractivity contribution in [2.24, 2.45) is 5.73 Å². The van der Waals surface area contributed by atoms with E-state index in [9.17, 15) is 9.18 Å². The highest BCUT2D eigenvalue weighted by molar-refractivity contribution is 6.32. The normalized spacial score (nSPS) is 19.9. The smallest absolute Gasteiger partial charge is 0.226 e. The molecule has 0 aromatic heterocycles. The molecule has 0 saturated carbocycles. The van der Waals surface area contributed by atoms with E-state index in [1.807, 2.05) is 30.3 Å². The SMILES string of the molecule is N[C@@H]1CN(C(=O)CCOc2ccc(F)cc2Cl)C[C@H]1c1ccccc1.